The number of amides is 2. The van der Waals surface area contributed by atoms with E-state index in [1.807, 2.05) is 69.4 Å². The molecule has 1 unspecified atom stereocenters. The van der Waals surface area contributed by atoms with Gasteiger partial charge in [-0.2, -0.15) is 0 Å². The van der Waals surface area contributed by atoms with Crippen molar-refractivity contribution in [3.63, 3.8) is 0 Å². The molecule has 2 amide bonds. The van der Waals surface area contributed by atoms with Gasteiger partial charge in [-0.3, -0.25) is 9.59 Å². The minimum atomic E-state index is -0.544. The van der Waals surface area contributed by atoms with E-state index in [-0.39, 0.29) is 18.4 Å². The van der Waals surface area contributed by atoms with Crippen LogP contribution < -0.4 is 20.3 Å². The molecule has 0 aliphatic carbocycles. The highest BCUT2D eigenvalue weighted by atomic mass is 16.5. The fraction of sp³-hybridized carbons (Fsp3) is 0.231. The SMILES string of the molecule is COc1ccc(NC(=O)C[NH+](C)[C@@H](C(=O)Nc2cc(C)ccc2C)c2ccccc2)cc1. The van der Waals surface area contributed by atoms with Crippen LogP contribution in [-0.4, -0.2) is 32.5 Å². The number of aryl methyl sites for hydroxylation is 2. The lowest BCUT2D eigenvalue weighted by molar-refractivity contribution is -0.893. The van der Waals surface area contributed by atoms with E-state index >= 15 is 0 Å². The molecule has 0 bridgehead atoms. The van der Waals surface area contributed by atoms with Crippen molar-refractivity contribution in [3.05, 3.63) is 89.5 Å². The van der Waals surface area contributed by atoms with Crippen molar-refractivity contribution in [2.45, 2.75) is 19.9 Å². The maximum Gasteiger partial charge on any atom is 0.287 e. The molecule has 2 atom stereocenters. The number of methoxy groups -OCH3 is 1. The van der Waals surface area contributed by atoms with E-state index < -0.39 is 6.04 Å². The number of benzene rings is 3. The lowest BCUT2D eigenvalue weighted by Gasteiger charge is -2.24. The third-order valence-corrected chi connectivity index (χ3v) is 5.35. The van der Waals surface area contributed by atoms with E-state index in [9.17, 15) is 9.59 Å². The Hall–Kier alpha value is -3.64. The van der Waals surface area contributed by atoms with Crippen LogP contribution in [0.25, 0.3) is 0 Å². The second-order valence-corrected chi connectivity index (χ2v) is 7.95. The van der Waals surface area contributed by atoms with Gasteiger partial charge in [-0.15, -0.1) is 0 Å². The summed E-state index contributed by atoms with van der Waals surface area (Å²) >= 11 is 0. The van der Waals surface area contributed by atoms with Crippen LogP contribution in [0.2, 0.25) is 0 Å². The van der Waals surface area contributed by atoms with Crippen molar-refractivity contribution in [1.82, 2.24) is 0 Å². The maximum atomic E-state index is 13.4. The second-order valence-electron chi connectivity index (χ2n) is 7.95. The van der Waals surface area contributed by atoms with Gasteiger partial charge in [-0.25, -0.2) is 0 Å². The summed E-state index contributed by atoms with van der Waals surface area (Å²) in [5.74, 6) is 0.394. The molecule has 0 aromatic heterocycles. The summed E-state index contributed by atoms with van der Waals surface area (Å²) in [6, 6.07) is 22.1. The Labute approximate surface area is 189 Å². The minimum absolute atomic E-state index is 0.131. The summed E-state index contributed by atoms with van der Waals surface area (Å²) in [5, 5.41) is 5.95. The van der Waals surface area contributed by atoms with Crippen molar-refractivity contribution in [2.24, 2.45) is 0 Å². The number of carbonyl (C=O) groups excluding carboxylic acids is 2. The molecular formula is C26H30N3O3+. The Morgan fingerprint density at radius 3 is 2.28 bits per heavy atom. The molecule has 0 saturated carbocycles. The van der Waals surface area contributed by atoms with Crippen LogP contribution in [0.15, 0.2) is 72.8 Å². The standard InChI is InChI=1S/C26H29N3O3/c1-18-10-11-19(2)23(16-18)28-26(31)25(20-8-6-5-7-9-20)29(3)17-24(30)27-21-12-14-22(32-4)15-13-21/h5-16,25H,17H2,1-4H3,(H,27,30)(H,28,31)/p+1/t25-/m1/s1. The van der Waals surface area contributed by atoms with Crippen LogP contribution in [-0.2, 0) is 9.59 Å². The van der Waals surface area contributed by atoms with E-state index in [4.69, 9.17) is 4.74 Å². The van der Waals surface area contributed by atoms with Gasteiger partial charge in [-0.1, -0.05) is 42.5 Å². The molecule has 0 saturated heterocycles. The molecule has 3 rings (SSSR count). The number of hydrogen-bond donors (Lipinski definition) is 3. The van der Waals surface area contributed by atoms with Gasteiger partial charge in [0.05, 0.1) is 14.2 Å². The molecule has 3 aromatic rings. The molecule has 0 heterocycles. The van der Waals surface area contributed by atoms with Crippen LogP contribution in [0.3, 0.4) is 0 Å². The molecule has 166 valence electrons. The quantitative estimate of drug-likeness (QED) is 0.512. The van der Waals surface area contributed by atoms with E-state index in [2.05, 4.69) is 10.6 Å². The highest BCUT2D eigenvalue weighted by Gasteiger charge is 2.30. The van der Waals surface area contributed by atoms with Gasteiger partial charge in [0.25, 0.3) is 11.8 Å². The predicted octanol–water partition coefficient (Wildman–Crippen LogP) is 3.15. The first kappa shape index (κ1) is 23.0. The first-order valence-electron chi connectivity index (χ1n) is 10.6. The van der Waals surface area contributed by atoms with Crippen molar-refractivity contribution in [3.8, 4) is 5.75 Å². The number of rotatable bonds is 8. The summed E-state index contributed by atoms with van der Waals surface area (Å²) < 4.78 is 5.15. The van der Waals surface area contributed by atoms with Gasteiger partial charge in [-0.05, 0) is 55.3 Å². The Bertz CT molecular complexity index is 1070. The second kappa shape index (κ2) is 10.6. The molecule has 3 N–H and O–H groups in total. The Morgan fingerprint density at radius 2 is 1.62 bits per heavy atom. The molecular weight excluding hydrogens is 402 g/mol. The average Bonchev–Trinajstić information content (AvgIpc) is 2.77. The number of anilines is 2. The highest BCUT2D eigenvalue weighted by Crippen LogP contribution is 2.19. The smallest absolute Gasteiger partial charge is 0.287 e. The Morgan fingerprint density at radius 1 is 0.938 bits per heavy atom. The molecule has 6 heteroatoms. The first-order chi connectivity index (χ1) is 15.4. The topological polar surface area (TPSA) is 71.9 Å². The number of ether oxygens (including phenoxy) is 1. The van der Waals surface area contributed by atoms with Gasteiger partial charge >= 0.3 is 0 Å². The minimum Gasteiger partial charge on any atom is -0.497 e. The van der Waals surface area contributed by atoms with Gasteiger partial charge in [0.15, 0.2) is 12.6 Å². The largest absolute Gasteiger partial charge is 0.497 e. The summed E-state index contributed by atoms with van der Waals surface area (Å²) in [7, 11) is 3.45. The van der Waals surface area contributed by atoms with E-state index in [1.165, 1.54) is 0 Å². The molecule has 3 aromatic carbocycles. The van der Waals surface area contributed by atoms with E-state index in [0.29, 0.717) is 5.69 Å². The summed E-state index contributed by atoms with van der Waals surface area (Å²) in [5.41, 5.74) is 4.38. The molecule has 6 nitrogen and oxygen atoms in total. The lowest BCUT2D eigenvalue weighted by Crippen LogP contribution is -3.11. The van der Waals surface area contributed by atoms with Crippen LogP contribution in [0.1, 0.15) is 22.7 Å². The van der Waals surface area contributed by atoms with Crippen molar-refractivity contribution in [1.29, 1.82) is 0 Å². The molecule has 0 aliphatic heterocycles. The van der Waals surface area contributed by atoms with Crippen molar-refractivity contribution >= 4 is 23.2 Å². The number of nitrogens with one attached hydrogen (secondary N) is 3. The van der Waals surface area contributed by atoms with Crippen LogP contribution in [0.5, 0.6) is 5.75 Å². The number of quaternary nitrogens is 1. The third-order valence-electron chi connectivity index (χ3n) is 5.35. The zero-order valence-corrected chi connectivity index (χ0v) is 18.9. The van der Waals surface area contributed by atoms with Crippen LogP contribution in [0, 0.1) is 13.8 Å². The van der Waals surface area contributed by atoms with Gasteiger partial charge in [0.2, 0.25) is 0 Å². The normalized spacial score (nSPS) is 12.5. The van der Waals surface area contributed by atoms with Gasteiger partial charge < -0.3 is 20.3 Å². The number of carbonyl (C=O) groups is 2. The zero-order chi connectivity index (χ0) is 23.1. The fourth-order valence-corrected chi connectivity index (χ4v) is 3.62. The van der Waals surface area contributed by atoms with Gasteiger partial charge in [0.1, 0.15) is 5.75 Å². The molecule has 0 radical (unpaired) electrons. The molecule has 0 aliphatic rings. The monoisotopic (exact) mass is 432 g/mol. The van der Waals surface area contributed by atoms with Crippen molar-refractivity contribution < 1.29 is 19.2 Å². The number of likely N-dealkylation sites (N-methyl/N-ethyl adjacent to an activating group) is 1. The van der Waals surface area contributed by atoms with Crippen molar-refractivity contribution in [2.75, 3.05) is 31.3 Å². The Kier molecular flexibility index (Phi) is 7.63. The number of hydrogen-bond acceptors (Lipinski definition) is 3. The predicted molar refractivity (Wildman–Crippen MR) is 127 cm³/mol. The van der Waals surface area contributed by atoms with E-state index in [0.717, 1.165) is 33.0 Å². The summed E-state index contributed by atoms with van der Waals surface area (Å²) in [6.07, 6.45) is 0. The highest BCUT2D eigenvalue weighted by molar-refractivity contribution is 5.96. The van der Waals surface area contributed by atoms with Crippen LogP contribution in [0.4, 0.5) is 11.4 Å². The van der Waals surface area contributed by atoms with Crippen LogP contribution >= 0.6 is 0 Å². The summed E-state index contributed by atoms with van der Waals surface area (Å²) in [4.78, 5) is 26.8. The average molecular weight is 433 g/mol. The molecule has 0 fully saturated rings. The van der Waals surface area contributed by atoms with Gasteiger partial charge in [0, 0.05) is 16.9 Å². The van der Waals surface area contributed by atoms with E-state index in [1.54, 1.807) is 31.4 Å². The summed E-state index contributed by atoms with van der Waals surface area (Å²) in [6.45, 7) is 4.09. The lowest BCUT2D eigenvalue weighted by atomic mass is 10.0. The molecule has 0 spiro atoms. The fourth-order valence-electron chi connectivity index (χ4n) is 3.62. The third kappa shape index (κ3) is 5.95. The maximum absolute atomic E-state index is 13.4. The molecule has 32 heavy (non-hydrogen) atoms. The first-order valence-corrected chi connectivity index (χ1v) is 10.6. The Balaban J connectivity index is 1.76. The zero-order valence-electron chi connectivity index (χ0n) is 18.9.